The van der Waals surface area contributed by atoms with Gasteiger partial charge in [-0.2, -0.15) is 0 Å². The average Bonchev–Trinajstić information content (AvgIpc) is 2.81. The zero-order valence-electron chi connectivity index (χ0n) is 19.6. The van der Waals surface area contributed by atoms with Gasteiger partial charge in [-0.05, 0) is 115 Å². The third-order valence-electron chi connectivity index (χ3n) is 8.78. The summed E-state index contributed by atoms with van der Waals surface area (Å²) >= 11 is 0. The summed E-state index contributed by atoms with van der Waals surface area (Å²) in [5, 5.41) is 0. The van der Waals surface area contributed by atoms with Crippen molar-refractivity contribution < 1.29 is 18.9 Å². The van der Waals surface area contributed by atoms with E-state index in [1.165, 1.54) is 103 Å². The lowest BCUT2D eigenvalue weighted by Gasteiger charge is -2.40. The van der Waals surface area contributed by atoms with E-state index in [2.05, 4.69) is 0 Å². The van der Waals surface area contributed by atoms with Gasteiger partial charge in [0.1, 0.15) is 0 Å². The Kier molecular flexibility index (Phi) is 8.92. The molecular formula is C26H46O4. The number of hydrogen-bond donors (Lipinski definition) is 0. The molecule has 0 N–H and O–H groups in total. The maximum absolute atomic E-state index is 6.49. The second-order valence-corrected chi connectivity index (χ2v) is 10.6. The van der Waals surface area contributed by atoms with Crippen molar-refractivity contribution in [3.8, 4) is 0 Å². The van der Waals surface area contributed by atoms with Gasteiger partial charge in [-0.3, -0.25) is 0 Å². The molecule has 0 aromatic rings. The van der Waals surface area contributed by atoms with E-state index in [1.807, 2.05) is 14.2 Å². The second kappa shape index (κ2) is 11.6. The van der Waals surface area contributed by atoms with Crippen molar-refractivity contribution in [1.82, 2.24) is 0 Å². The van der Waals surface area contributed by atoms with Gasteiger partial charge >= 0.3 is 0 Å². The van der Waals surface area contributed by atoms with Crippen molar-refractivity contribution in [2.24, 2.45) is 11.8 Å². The smallest absolute Gasteiger partial charge is 0.0580 e. The quantitative estimate of drug-likeness (QED) is 0.500. The summed E-state index contributed by atoms with van der Waals surface area (Å²) in [6, 6.07) is 0. The summed E-state index contributed by atoms with van der Waals surface area (Å²) in [5.41, 5.74) is 0. The molecule has 4 nitrogen and oxygen atoms in total. The van der Waals surface area contributed by atoms with Crippen molar-refractivity contribution in [2.75, 3.05) is 14.2 Å². The van der Waals surface area contributed by atoms with Crippen LogP contribution in [0.1, 0.15) is 103 Å². The lowest BCUT2D eigenvalue weighted by Crippen LogP contribution is -2.35. The van der Waals surface area contributed by atoms with Gasteiger partial charge in [-0.1, -0.05) is 0 Å². The highest BCUT2D eigenvalue weighted by Gasteiger charge is 2.34. The second-order valence-electron chi connectivity index (χ2n) is 10.6. The molecule has 4 aliphatic rings. The molecule has 0 spiro atoms. The van der Waals surface area contributed by atoms with Crippen LogP contribution in [0.4, 0.5) is 0 Å². The largest absolute Gasteiger partial charge is 0.381 e. The van der Waals surface area contributed by atoms with E-state index in [1.54, 1.807) is 0 Å². The molecule has 0 bridgehead atoms. The van der Waals surface area contributed by atoms with Crippen molar-refractivity contribution in [1.29, 1.82) is 0 Å². The normalized spacial score (nSPS) is 43.4. The van der Waals surface area contributed by atoms with Crippen molar-refractivity contribution in [3.63, 3.8) is 0 Å². The molecule has 4 rings (SSSR count). The van der Waals surface area contributed by atoms with Crippen LogP contribution in [-0.4, -0.2) is 50.8 Å². The summed E-state index contributed by atoms with van der Waals surface area (Å²) in [5.74, 6) is 1.87. The summed E-state index contributed by atoms with van der Waals surface area (Å²) < 4.78 is 24.0. The predicted molar refractivity (Wildman–Crippen MR) is 120 cm³/mol. The van der Waals surface area contributed by atoms with E-state index in [9.17, 15) is 0 Å². The third kappa shape index (κ3) is 6.43. The zero-order valence-corrected chi connectivity index (χ0v) is 19.6. The highest BCUT2D eigenvalue weighted by Crippen LogP contribution is 2.41. The number of methoxy groups -OCH3 is 2. The molecule has 4 heteroatoms. The Morgan fingerprint density at radius 3 is 0.833 bits per heavy atom. The topological polar surface area (TPSA) is 36.9 Å². The van der Waals surface area contributed by atoms with Crippen LogP contribution in [0.25, 0.3) is 0 Å². The van der Waals surface area contributed by atoms with Crippen LogP contribution < -0.4 is 0 Å². The molecule has 0 radical (unpaired) electrons. The Bertz CT molecular complexity index is 421. The van der Waals surface area contributed by atoms with E-state index in [-0.39, 0.29) is 0 Å². The average molecular weight is 423 g/mol. The summed E-state index contributed by atoms with van der Waals surface area (Å²) in [6.45, 7) is 0. The molecule has 0 heterocycles. The molecule has 4 aliphatic carbocycles. The molecule has 4 fully saturated rings. The van der Waals surface area contributed by atoms with E-state index < -0.39 is 0 Å². The Morgan fingerprint density at radius 1 is 0.333 bits per heavy atom. The van der Waals surface area contributed by atoms with Crippen LogP contribution in [-0.2, 0) is 18.9 Å². The molecular weight excluding hydrogens is 376 g/mol. The Balaban J connectivity index is 1.10. The molecule has 0 aliphatic heterocycles. The van der Waals surface area contributed by atoms with Crippen LogP contribution in [0, 0.1) is 11.8 Å². The lowest BCUT2D eigenvalue weighted by molar-refractivity contribution is -0.0822. The van der Waals surface area contributed by atoms with Gasteiger partial charge in [0.15, 0.2) is 0 Å². The minimum absolute atomic E-state index is 0.472. The maximum atomic E-state index is 6.49. The monoisotopic (exact) mass is 422 g/mol. The number of rotatable bonds is 7. The highest BCUT2D eigenvalue weighted by atomic mass is 16.5. The maximum Gasteiger partial charge on any atom is 0.0580 e. The van der Waals surface area contributed by atoms with Gasteiger partial charge in [-0.25, -0.2) is 0 Å². The van der Waals surface area contributed by atoms with Gasteiger partial charge in [0, 0.05) is 14.2 Å². The van der Waals surface area contributed by atoms with Crippen LogP contribution >= 0.6 is 0 Å². The van der Waals surface area contributed by atoms with Crippen molar-refractivity contribution in [2.45, 2.75) is 139 Å². The van der Waals surface area contributed by atoms with Crippen LogP contribution in [0.15, 0.2) is 0 Å². The fourth-order valence-electron chi connectivity index (χ4n) is 6.74. The molecule has 0 aromatic carbocycles. The molecule has 0 aromatic heterocycles. The molecule has 0 atom stereocenters. The SMILES string of the molecule is COC1CCC(OC2CCC(C3CCC(OC4CCC(OC)CC4)CC3)CC2)CC1. The minimum atomic E-state index is 0.472. The number of hydrogen-bond acceptors (Lipinski definition) is 4. The first kappa shape index (κ1) is 23.0. The van der Waals surface area contributed by atoms with Crippen molar-refractivity contribution >= 4 is 0 Å². The van der Waals surface area contributed by atoms with Gasteiger partial charge in [0.2, 0.25) is 0 Å². The summed E-state index contributed by atoms with van der Waals surface area (Å²) in [4.78, 5) is 0. The molecule has 30 heavy (non-hydrogen) atoms. The van der Waals surface area contributed by atoms with E-state index in [0.29, 0.717) is 36.6 Å². The summed E-state index contributed by atoms with van der Waals surface area (Å²) in [6.07, 6.45) is 23.1. The fourth-order valence-corrected chi connectivity index (χ4v) is 6.74. The molecule has 4 saturated carbocycles. The predicted octanol–water partition coefficient (Wildman–Crippen LogP) is 6.05. The number of ether oxygens (including phenoxy) is 4. The third-order valence-corrected chi connectivity index (χ3v) is 8.78. The first-order valence-corrected chi connectivity index (χ1v) is 13.1. The van der Waals surface area contributed by atoms with E-state index >= 15 is 0 Å². The van der Waals surface area contributed by atoms with Gasteiger partial charge in [0.05, 0.1) is 36.6 Å². The Morgan fingerprint density at radius 2 is 0.567 bits per heavy atom. The molecule has 0 unspecified atom stereocenters. The van der Waals surface area contributed by atoms with Crippen LogP contribution in [0.2, 0.25) is 0 Å². The van der Waals surface area contributed by atoms with Crippen molar-refractivity contribution in [3.05, 3.63) is 0 Å². The Labute approximate surface area is 184 Å². The minimum Gasteiger partial charge on any atom is -0.381 e. The van der Waals surface area contributed by atoms with E-state index in [0.717, 1.165) is 11.8 Å². The fraction of sp³-hybridized carbons (Fsp3) is 1.00. The lowest BCUT2D eigenvalue weighted by atomic mass is 9.72. The van der Waals surface area contributed by atoms with E-state index in [4.69, 9.17) is 18.9 Å². The van der Waals surface area contributed by atoms with Gasteiger partial charge in [0.25, 0.3) is 0 Å². The summed E-state index contributed by atoms with van der Waals surface area (Å²) in [7, 11) is 3.69. The standard InChI is InChI=1S/C26H46O4/c1-27-21-11-15-25(16-12-21)29-23-7-3-19(4-8-23)20-5-9-24(10-6-20)30-26-17-13-22(28-2)14-18-26/h19-26H,3-18H2,1-2H3. The molecule has 0 saturated heterocycles. The molecule has 0 amide bonds. The first-order chi connectivity index (χ1) is 14.7. The van der Waals surface area contributed by atoms with Gasteiger partial charge < -0.3 is 18.9 Å². The van der Waals surface area contributed by atoms with Crippen LogP contribution in [0.5, 0.6) is 0 Å². The highest BCUT2D eigenvalue weighted by molar-refractivity contribution is 4.84. The molecule has 174 valence electrons. The Hall–Kier alpha value is -0.160. The first-order valence-electron chi connectivity index (χ1n) is 13.1. The zero-order chi connectivity index (χ0) is 20.8. The van der Waals surface area contributed by atoms with Gasteiger partial charge in [-0.15, -0.1) is 0 Å². The van der Waals surface area contributed by atoms with Crippen LogP contribution in [0.3, 0.4) is 0 Å².